The van der Waals surface area contributed by atoms with Gasteiger partial charge in [0.15, 0.2) is 0 Å². The summed E-state index contributed by atoms with van der Waals surface area (Å²) in [5, 5.41) is 8.82. The van der Waals surface area contributed by atoms with Gasteiger partial charge in [0.1, 0.15) is 0 Å². The van der Waals surface area contributed by atoms with Crippen molar-refractivity contribution in [1.29, 1.82) is 0 Å². The number of H-pyrrole nitrogens is 1. The zero-order chi connectivity index (χ0) is 8.39. The Hall–Kier alpha value is -1.68. The number of rotatable bonds is 1. The van der Waals surface area contributed by atoms with Gasteiger partial charge in [-0.05, 0) is 6.07 Å². The van der Waals surface area contributed by atoms with Gasteiger partial charge in [0, 0.05) is 10.5 Å². The van der Waals surface area contributed by atoms with Crippen LogP contribution in [-0.2, 0) is 0 Å². The van der Waals surface area contributed by atoms with Crippen LogP contribution in [0.25, 0.3) is 10.8 Å². The topological polar surface area (TPSA) is 65.1 Å². The molecular weight excluding hydrogens is 152 g/mol. The van der Waals surface area contributed by atoms with Crippen LogP contribution >= 0.6 is 0 Å². The van der Waals surface area contributed by atoms with Crippen molar-refractivity contribution in [3.8, 4) is 0 Å². The molecular formula is C8H9N4+. The molecule has 0 radical (unpaired) electrons. The smallest absolute Gasteiger partial charge is 0.215 e. The van der Waals surface area contributed by atoms with Gasteiger partial charge in [-0.1, -0.05) is 18.2 Å². The van der Waals surface area contributed by atoms with E-state index in [0.29, 0.717) is 5.82 Å². The SMILES string of the molecule is NNc1n[nH+]cc2ccccc12. The molecule has 0 saturated carbocycles. The minimum Gasteiger partial charge on any atom is -0.303 e. The summed E-state index contributed by atoms with van der Waals surface area (Å²) in [7, 11) is 0. The molecule has 0 aliphatic rings. The van der Waals surface area contributed by atoms with E-state index < -0.39 is 0 Å². The van der Waals surface area contributed by atoms with E-state index in [4.69, 9.17) is 5.84 Å². The second-order valence-corrected chi connectivity index (χ2v) is 2.47. The Morgan fingerprint density at radius 1 is 1.33 bits per heavy atom. The molecule has 0 aliphatic carbocycles. The molecule has 0 amide bonds. The highest BCUT2D eigenvalue weighted by Gasteiger charge is 2.02. The Kier molecular flexibility index (Phi) is 1.60. The molecule has 4 N–H and O–H groups in total. The molecule has 4 nitrogen and oxygen atoms in total. The number of benzene rings is 1. The average Bonchev–Trinajstić information content (AvgIpc) is 2.17. The zero-order valence-electron chi connectivity index (χ0n) is 6.41. The summed E-state index contributed by atoms with van der Waals surface area (Å²) < 4.78 is 0. The molecule has 60 valence electrons. The van der Waals surface area contributed by atoms with Crippen molar-refractivity contribution >= 4 is 16.6 Å². The first-order valence-corrected chi connectivity index (χ1v) is 3.64. The van der Waals surface area contributed by atoms with E-state index >= 15 is 0 Å². The molecule has 0 saturated heterocycles. The third-order valence-electron chi connectivity index (χ3n) is 1.75. The summed E-state index contributed by atoms with van der Waals surface area (Å²) in [6, 6.07) is 7.88. The quantitative estimate of drug-likeness (QED) is 0.468. The molecule has 2 aromatic rings. The van der Waals surface area contributed by atoms with Crippen molar-refractivity contribution < 1.29 is 5.10 Å². The number of nitrogens with zero attached hydrogens (tertiary/aromatic N) is 1. The lowest BCUT2D eigenvalue weighted by Crippen LogP contribution is -2.16. The van der Waals surface area contributed by atoms with Crippen LogP contribution in [0.3, 0.4) is 0 Å². The van der Waals surface area contributed by atoms with Crippen LogP contribution in [0, 0.1) is 0 Å². The first-order valence-electron chi connectivity index (χ1n) is 3.64. The van der Waals surface area contributed by atoms with E-state index in [0.717, 1.165) is 10.8 Å². The van der Waals surface area contributed by atoms with Crippen molar-refractivity contribution in [3.05, 3.63) is 30.5 Å². The van der Waals surface area contributed by atoms with Gasteiger partial charge >= 0.3 is 0 Å². The van der Waals surface area contributed by atoms with Gasteiger partial charge in [-0.25, -0.2) is 5.84 Å². The monoisotopic (exact) mass is 161 g/mol. The number of nitrogens with one attached hydrogen (secondary N) is 2. The van der Waals surface area contributed by atoms with E-state index in [1.807, 2.05) is 30.5 Å². The van der Waals surface area contributed by atoms with Crippen LogP contribution in [0.1, 0.15) is 0 Å². The maximum Gasteiger partial charge on any atom is 0.215 e. The van der Waals surface area contributed by atoms with Crippen molar-refractivity contribution in [3.63, 3.8) is 0 Å². The summed E-state index contributed by atoms with van der Waals surface area (Å²) in [6.45, 7) is 0. The third kappa shape index (κ3) is 0.981. The van der Waals surface area contributed by atoms with E-state index in [2.05, 4.69) is 15.6 Å². The van der Waals surface area contributed by atoms with Crippen molar-refractivity contribution in [2.24, 2.45) is 5.84 Å². The Bertz CT molecular complexity index is 394. The molecule has 0 unspecified atom stereocenters. The number of aromatic amines is 1. The molecule has 12 heavy (non-hydrogen) atoms. The standard InChI is InChI=1S/C8H8N4/c9-11-8-7-4-2-1-3-6(7)5-10-12-8/h1-5H,9H2,(H,11,12)/p+1. The van der Waals surface area contributed by atoms with E-state index in [-0.39, 0.29) is 0 Å². The molecule has 1 aromatic heterocycles. The molecule has 1 heterocycles. The van der Waals surface area contributed by atoms with Gasteiger partial charge in [-0.2, -0.15) is 0 Å². The minimum atomic E-state index is 0.660. The lowest BCUT2D eigenvalue weighted by Gasteiger charge is -1.97. The van der Waals surface area contributed by atoms with Crippen LogP contribution in [-0.4, -0.2) is 5.10 Å². The molecule has 0 aliphatic heterocycles. The number of hydrogen-bond acceptors (Lipinski definition) is 3. The lowest BCUT2D eigenvalue weighted by atomic mass is 10.2. The van der Waals surface area contributed by atoms with Crippen LogP contribution in [0.5, 0.6) is 0 Å². The Morgan fingerprint density at radius 2 is 2.17 bits per heavy atom. The normalized spacial score (nSPS) is 10.1. The van der Waals surface area contributed by atoms with Crippen molar-refractivity contribution in [2.45, 2.75) is 0 Å². The van der Waals surface area contributed by atoms with E-state index in [9.17, 15) is 0 Å². The average molecular weight is 161 g/mol. The van der Waals surface area contributed by atoms with Gasteiger partial charge in [-0.15, -0.1) is 5.10 Å². The highest BCUT2D eigenvalue weighted by Crippen LogP contribution is 2.16. The Balaban J connectivity index is 2.79. The second kappa shape index (κ2) is 2.75. The summed E-state index contributed by atoms with van der Waals surface area (Å²) >= 11 is 0. The fourth-order valence-electron chi connectivity index (χ4n) is 1.18. The van der Waals surface area contributed by atoms with E-state index in [1.54, 1.807) is 0 Å². The van der Waals surface area contributed by atoms with Crippen LogP contribution in [0.2, 0.25) is 0 Å². The van der Waals surface area contributed by atoms with Crippen molar-refractivity contribution in [1.82, 2.24) is 5.10 Å². The molecule has 0 fully saturated rings. The summed E-state index contributed by atoms with van der Waals surface area (Å²) in [6.07, 6.45) is 1.83. The fraction of sp³-hybridized carbons (Fsp3) is 0. The van der Waals surface area contributed by atoms with Crippen LogP contribution in [0.15, 0.2) is 30.5 Å². The molecule has 0 atom stereocenters. The number of nitrogens with two attached hydrogens (primary N) is 1. The summed E-state index contributed by atoms with van der Waals surface area (Å²) in [5.74, 6) is 5.94. The van der Waals surface area contributed by atoms with E-state index in [1.165, 1.54) is 0 Å². The van der Waals surface area contributed by atoms with Gasteiger partial charge in [0.05, 0.1) is 5.39 Å². The predicted molar refractivity (Wildman–Crippen MR) is 46.1 cm³/mol. The molecule has 0 spiro atoms. The first kappa shape index (κ1) is 7.00. The lowest BCUT2D eigenvalue weighted by molar-refractivity contribution is -0.451. The molecule has 0 bridgehead atoms. The summed E-state index contributed by atoms with van der Waals surface area (Å²) in [4.78, 5) is 0. The number of aromatic nitrogens is 2. The van der Waals surface area contributed by atoms with Crippen LogP contribution in [0.4, 0.5) is 5.82 Å². The molecule has 1 aromatic carbocycles. The first-order chi connectivity index (χ1) is 5.92. The fourth-order valence-corrected chi connectivity index (χ4v) is 1.18. The van der Waals surface area contributed by atoms with Crippen LogP contribution < -0.4 is 16.4 Å². The predicted octanol–water partition coefficient (Wildman–Crippen LogP) is 0.335. The maximum atomic E-state index is 5.28. The number of anilines is 1. The van der Waals surface area contributed by atoms with Gasteiger partial charge in [0.2, 0.25) is 12.0 Å². The highest BCUT2D eigenvalue weighted by atomic mass is 15.3. The molecule has 4 heteroatoms. The van der Waals surface area contributed by atoms with Gasteiger partial charge in [-0.3, -0.25) is 0 Å². The maximum absolute atomic E-state index is 5.28. The molecule has 2 rings (SSSR count). The summed E-state index contributed by atoms with van der Waals surface area (Å²) in [5.41, 5.74) is 2.53. The van der Waals surface area contributed by atoms with Crippen molar-refractivity contribution in [2.75, 3.05) is 5.43 Å². The number of hydrazine groups is 1. The minimum absolute atomic E-state index is 0.660. The largest absolute Gasteiger partial charge is 0.303 e. The Labute approximate surface area is 69.4 Å². The third-order valence-corrected chi connectivity index (χ3v) is 1.75. The number of fused-ring (bicyclic) bond motifs is 1. The second-order valence-electron chi connectivity index (χ2n) is 2.47. The number of hydrogen-bond donors (Lipinski definition) is 2. The zero-order valence-corrected chi connectivity index (χ0v) is 6.41. The number of nitrogen functional groups attached to an aromatic ring is 1. The Morgan fingerprint density at radius 3 is 3.00 bits per heavy atom. The van der Waals surface area contributed by atoms with Gasteiger partial charge in [0.25, 0.3) is 0 Å². The van der Waals surface area contributed by atoms with Gasteiger partial charge < -0.3 is 5.43 Å². The highest BCUT2D eigenvalue weighted by molar-refractivity contribution is 5.89.